The second-order valence-corrected chi connectivity index (χ2v) is 5.67. The summed E-state index contributed by atoms with van der Waals surface area (Å²) in [6, 6.07) is 14.8. The van der Waals surface area contributed by atoms with Crippen molar-refractivity contribution in [3.8, 4) is 0 Å². The van der Waals surface area contributed by atoms with Crippen LogP contribution >= 0.6 is 0 Å². The number of nitro benzene ring substituents is 1. The van der Waals surface area contributed by atoms with Crippen molar-refractivity contribution in [3.63, 3.8) is 0 Å². The minimum atomic E-state index is -0.360. The van der Waals surface area contributed by atoms with Crippen LogP contribution in [0.4, 0.5) is 5.69 Å². The average molecular weight is 322 g/mol. The summed E-state index contributed by atoms with van der Waals surface area (Å²) in [5.41, 5.74) is 2.77. The minimum Gasteiger partial charge on any atom is -0.464 e. The van der Waals surface area contributed by atoms with Gasteiger partial charge in [-0.1, -0.05) is 42.5 Å². The van der Waals surface area contributed by atoms with Crippen LogP contribution in [0.2, 0.25) is 0 Å². The molecule has 0 spiro atoms. The molecule has 1 aromatic heterocycles. The van der Waals surface area contributed by atoms with E-state index in [2.05, 4.69) is 4.90 Å². The van der Waals surface area contributed by atoms with Crippen molar-refractivity contribution in [1.29, 1.82) is 0 Å². The summed E-state index contributed by atoms with van der Waals surface area (Å²) in [4.78, 5) is 12.8. The lowest BCUT2D eigenvalue weighted by molar-refractivity contribution is -0.385. The summed E-state index contributed by atoms with van der Waals surface area (Å²) < 4.78 is 5.55. The van der Waals surface area contributed by atoms with Crippen LogP contribution in [-0.4, -0.2) is 23.4 Å². The fraction of sp³-hybridized carbons (Fsp3) is 0.158. The number of nitro groups is 1. The Hall–Kier alpha value is -2.92. The van der Waals surface area contributed by atoms with Gasteiger partial charge >= 0.3 is 0 Å². The van der Waals surface area contributed by atoms with E-state index in [1.54, 1.807) is 30.5 Å². The van der Waals surface area contributed by atoms with Crippen LogP contribution in [0.3, 0.4) is 0 Å². The maximum atomic E-state index is 11.0. The van der Waals surface area contributed by atoms with Crippen LogP contribution in [-0.2, 0) is 6.54 Å². The first-order valence-electron chi connectivity index (χ1n) is 7.69. The summed E-state index contributed by atoms with van der Waals surface area (Å²) in [6.45, 7) is 1.43. The number of benzene rings is 2. The molecule has 3 rings (SSSR count). The molecular weight excluding hydrogens is 304 g/mol. The van der Waals surface area contributed by atoms with Crippen LogP contribution < -0.4 is 0 Å². The van der Waals surface area contributed by atoms with Crippen molar-refractivity contribution in [3.05, 3.63) is 82.1 Å². The molecule has 0 fully saturated rings. The second kappa shape index (κ2) is 7.10. The van der Waals surface area contributed by atoms with Crippen LogP contribution in [0.25, 0.3) is 17.0 Å². The Morgan fingerprint density at radius 2 is 2.00 bits per heavy atom. The van der Waals surface area contributed by atoms with E-state index >= 15 is 0 Å². The summed E-state index contributed by atoms with van der Waals surface area (Å²) in [7, 11) is 2.01. The molecule has 3 aromatic rings. The van der Waals surface area contributed by atoms with Gasteiger partial charge < -0.3 is 4.42 Å². The van der Waals surface area contributed by atoms with Gasteiger partial charge in [0.1, 0.15) is 5.58 Å². The monoisotopic (exact) mass is 322 g/mol. The lowest BCUT2D eigenvalue weighted by Gasteiger charge is -2.14. The first-order chi connectivity index (χ1) is 11.6. The number of hydrogen-bond acceptors (Lipinski definition) is 4. The number of likely N-dealkylation sites (N-methyl/N-ethyl adjacent to an activating group) is 1. The van der Waals surface area contributed by atoms with Crippen LogP contribution in [0.1, 0.15) is 11.1 Å². The molecule has 0 aliphatic carbocycles. The zero-order chi connectivity index (χ0) is 16.9. The van der Waals surface area contributed by atoms with Gasteiger partial charge in [0, 0.05) is 30.1 Å². The molecule has 0 amide bonds. The molecule has 5 nitrogen and oxygen atoms in total. The molecule has 0 aliphatic heterocycles. The molecular formula is C19H18N2O3. The Morgan fingerprint density at radius 3 is 2.83 bits per heavy atom. The maximum absolute atomic E-state index is 11.0. The highest BCUT2D eigenvalue weighted by Gasteiger charge is 2.09. The third-order valence-electron chi connectivity index (χ3n) is 3.85. The van der Waals surface area contributed by atoms with Crippen LogP contribution in [0.15, 0.2) is 65.3 Å². The van der Waals surface area contributed by atoms with Gasteiger partial charge in [-0.3, -0.25) is 15.0 Å². The van der Waals surface area contributed by atoms with E-state index in [4.69, 9.17) is 4.42 Å². The van der Waals surface area contributed by atoms with E-state index in [-0.39, 0.29) is 10.6 Å². The van der Waals surface area contributed by atoms with Crippen LogP contribution in [0.5, 0.6) is 0 Å². The SMILES string of the molecule is CN(C/C=C/c1ccccc1[N+](=O)[O-])Cc1cccc2ccoc12. The summed E-state index contributed by atoms with van der Waals surface area (Å²) in [5, 5.41) is 12.1. The average Bonchev–Trinajstić information content (AvgIpc) is 3.05. The van der Waals surface area contributed by atoms with Crippen LogP contribution in [0, 0.1) is 10.1 Å². The van der Waals surface area contributed by atoms with Gasteiger partial charge in [0.15, 0.2) is 0 Å². The van der Waals surface area contributed by atoms with E-state index in [0.29, 0.717) is 12.1 Å². The lowest BCUT2D eigenvalue weighted by atomic mass is 10.1. The Morgan fingerprint density at radius 1 is 1.17 bits per heavy atom. The van der Waals surface area contributed by atoms with Crippen molar-refractivity contribution in [2.45, 2.75) is 6.54 Å². The molecule has 5 heteroatoms. The number of rotatable bonds is 6. The Balaban J connectivity index is 1.67. The normalized spacial score (nSPS) is 11.6. The van der Waals surface area contributed by atoms with Gasteiger partial charge in [0.2, 0.25) is 0 Å². The fourth-order valence-corrected chi connectivity index (χ4v) is 2.69. The molecule has 1 heterocycles. The van der Waals surface area contributed by atoms with E-state index in [1.165, 1.54) is 6.07 Å². The highest BCUT2D eigenvalue weighted by atomic mass is 16.6. The van der Waals surface area contributed by atoms with Crippen molar-refractivity contribution in [2.75, 3.05) is 13.6 Å². The van der Waals surface area contributed by atoms with Crippen molar-refractivity contribution in [2.24, 2.45) is 0 Å². The van der Waals surface area contributed by atoms with E-state index < -0.39 is 0 Å². The van der Waals surface area contributed by atoms with Gasteiger partial charge in [-0.15, -0.1) is 0 Å². The van der Waals surface area contributed by atoms with Gasteiger partial charge in [-0.25, -0.2) is 0 Å². The van der Waals surface area contributed by atoms with E-state index in [9.17, 15) is 10.1 Å². The Kier molecular flexibility index (Phi) is 4.72. The predicted molar refractivity (Wildman–Crippen MR) is 94.7 cm³/mol. The Bertz CT molecular complexity index is 883. The largest absolute Gasteiger partial charge is 0.464 e. The molecule has 2 aromatic carbocycles. The van der Waals surface area contributed by atoms with E-state index in [1.807, 2.05) is 37.4 Å². The van der Waals surface area contributed by atoms with Crippen molar-refractivity contribution < 1.29 is 9.34 Å². The highest BCUT2D eigenvalue weighted by molar-refractivity contribution is 5.80. The molecule has 0 atom stereocenters. The standard InChI is InChI=1S/C19H18N2O3/c1-20(14-17-8-4-7-16-11-13-24-19(16)17)12-5-9-15-6-2-3-10-18(15)21(22)23/h2-11,13H,12,14H2,1H3/b9-5+. The third-order valence-corrected chi connectivity index (χ3v) is 3.85. The van der Waals surface area contributed by atoms with Gasteiger partial charge in [-0.2, -0.15) is 0 Å². The van der Waals surface area contributed by atoms with Crippen molar-refractivity contribution in [1.82, 2.24) is 4.90 Å². The molecule has 122 valence electrons. The summed E-state index contributed by atoms with van der Waals surface area (Å²) in [5.74, 6) is 0. The topological polar surface area (TPSA) is 59.5 Å². The number of fused-ring (bicyclic) bond motifs is 1. The number of hydrogen-bond donors (Lipinski definition) is 0. The summed E-state index contributed by atoms with van der Waals surface area (Å²) >= 11 is 0. The highest BCUT2D eigenvalue weighted by Crippen LogP contribution is 2.21. The van der Waals surface area contributed by atoms with Crippen molar-refractivity contribution >= 4 is 22.7 Å². The third kappa shape index (κ3) is 3.52. The zero-order valence-electron chi connectivity index (χ0n) is 13.4. The number of para-hydroxylation sites is 2. The van der Waals surface area contributed by atoms with Gasteiger partial charge in [-0.05, 0) is 19.2 Å². The molecule has 0 saturated carbocycles. The quantitative estimate of drug-likeness (QED) is 0.496. The first-order valence-corrected chi connectivity index (χ1v) is 7.69. The molecule has 0 bridgehead atoms. The number of nitrogens with zero attached hydrogens (tertiary/aromatic N) is 2. The fourth-order valence-electron chi connectivity index (χ4n) is 2.69. The summed E-state index contributed by atoms with van der Waals surface area (Å²) in [6.07, 6.45) is 5.43. The number of furan rings is 1. The molecule has 0 aliphatic rings. The molecule has 0 N–H and O–H groups in total. The molecule has 0 saturated heterocycles. The molecule has 0 radical (unpaired) electrons. The first kappa shape index (κ1) is 16.0. The molecule has 24 heavy (non-hydrogen) atoms. The predicted octanol–water partition coefficient (Wildman–Crippen LogP) is 4.49. The van der Waals surface area contributed by atoms with Gasteiger partial charge in [0.05, 0.1) is 16.7 Å². The molecule has 0 unspecified atom stereocenters. The Labute approximate surface area is 140 Å². The van der Waals surface area contributed by atoms with Gasteiger partial charge in [0.25, 0.3) is 5.69 Å². The maximum Gasteiger partial charge on any atom is 0.276 e. The lowest BCUT2D eigenvalue weighted by Crippen LogP contribution is -2.17. The zero-order valence-corrected chi connectivity index (χ0v) is 13.4. The minimum absolute atomic E-state index is 0.122. The smallest absolute Gasteiger partial charge is 0.276 e. The van der Waals surface area contributed by atoms with E-state index in [0.717, 1.165) is 23.1 Å². The second-order valence-electron chi connectivity index (χ2n) is 5.67.